The summed E-state index contributed by atoms with van der Waals surface area (Å²) in [4.78, 5) is 0.0987. The van der Waals surface area contributed by atoms with Gasteiger partial charge in [0.2, 0.25) is 0 Å². The van der Waals surface area contributed by atoms with Gasteiger partial charge in [-0.05, 0) is 36.3 Å². The van der Waals surface area contributed by atoms with E-state index in [-0.39, 0.29) is 41.3 Å². The molecule has 0 aromatic heterocycles. The van der Waals surface area contributed by atoms with Crippen molar-refractivity contribution in [1.29, 1.82) is 0 Å². The van der Waals surface area contributed by atoms with Crippen molar-refractivity contribution in [2.24, 2.45) is 23.2 Å². The zero-order valence-electron chi connectivity index (χ0n) is 16.0. The lowest BCUT2D eigenvalue weighted by Crippen LogP contribution is -2.48. The van der Waals surface area contributed by atoms with Crippen molar-refractivity contribution in [3.63, 3.8) is 0 Å². The van der Waals surface area contributed by atoms with Gasteiger partial charge < -0.3 is 19.7 Å². The molecule has 1 heterocycles. The van der Waals surface area contributed by atoms with Gasteiger partial charge in [-0.1, -0.05) is 25.1 Å². The SMILES string of the molecule is C[C@]12CC[C@H](O)[C@@H](COS(=O)(=O)c3ccccc3)[C@@H]1CC1(OCCO1)C2CO. The van der Waals surface area contributed by atoms with Crippen molar-refractivity contribution in [3.8, 4) is 0 Å². The highest BCUT2D eigenvalue weighted by Crippen LogP contribution is 2.63. The summed E-state index contributed by atoms with van der Waals surface area (Å²) in [5, 5.41) is 20.8. The summed E-state index contributed by atoms with van der Waals surface area (Å²) in [5.74, 6) is -1.52. The summed E-state index contributed by atoms with van der Waals surface area (Å²) < 4.78 is 42.3. The predicted octanol–water partition coefficient (Wildman–Crippen LogP) is 1.54. The Labute approximate surface area is 165 Å². The van der Waals surface area contributed by atoms with E-state index in [0.29, 0.717) is 26.1 Å². The second-order valence-electron chi connectivity index (χ2n) is 8.38. The van der Waals surface area contributed by atoms with Gasteiger partial charge in [0.1, 0.15) is 0 Å². The van der Waals surface area contributed by atoms with Crippen molar-refractivity contribution in [2.45, 2.75) is 43.0 Å². The van der Waals surface area contributed by atoms with E-state index in [1.165, 1.54) is 12.1 Å². The number of aliphatic hydroxyl groups is 2. The molecule has 1 unspecified atom stereocenters. The molecule has 0 amide bonds. The third kappa shape index (κ3) is 3.20. The van der Waals surface area contributed by atoms with Crippen LogP contribution in [0, 0.1) is 23.2 Å². The molecule has 1 aromatic rings. The Morgan fingerprint density at radius 1 is 1.21 bits per heavy atom. The van der Waals surface area contributed by atoms with Gasteiger partial charge in [0, 0.05) is 18.3 Å². The van der Waals surface area contributed by atoms with E-state index in [0.717, 1.165) is 6.42 Å². The van der Waals surface area contributed by atoms with Gasteiger partial charge in [-0.3, -0.25) is 4.18 Å². The predicted molar refractivity (Wildman–Crippen MR) is 99.7 cm³/mol. The monoisotopic (exact) mass is 412 g/mol. The van der Waals surface area contributed by atoms with Gasteiger partial charge in [0.05, 0.1) is 37.4 Å². The Morgan fingerprint density at radius 2 is 1.89 bits per heavy atom. The second-order valence-corrected chi connectivity index (χ2v) is 10.00. The Kier molecular flexibility index (Phi) is 5.31. The normalized spacial score (nSPS) is 37.2. The fourth-order valence-electron chi connectivity index (χ4n) is 5.57. The molecule has 8 heteroatoms. The maximum Gasteiger partial charge on any atom is 0.296 e. The Hall–Kier alpha value is -1.03. The van der Waals surface area contributed by atoms with E-state index in [9.17, 15) is 18.6 Å². The van der Waals surface area contributed by atoms with E-state index in [1.54, 1.807) is 18.2 Å². The molecule has 3 fully saturated rings. The van der Waals surface area contributed by atoms with Gasteiger partial charge in [-0.15, -0.1) is 0 Å². The number of hydrogen-bond donors (Lipinski definition) is 2. The number of ether oxygens (including phenoxy) is 2. The van der Waals surface area contributed by atoms with Crippen LogP contribution in [-0.4, -0.2) is 56.9 Å². The molecule has 1 aromatic carbocycles. The van der Waals surface area contributed by atoms with E-state index in [2.05, 4.69) is 6.92 Å². The Balaban J connectivity index is 1.57. The molecular formula is C20H28O7S. The van der Waals surface area contributed by atoms with Crippen molar-refractivity contribution in [2.75, 3.05) is 26.4 Å². The molecule has 4 rings (SSSR count). The average molecular weight is 413 g/mol. The maximum atomic E-state index is 12.5. The summed E-state index contributed by atoms with van der Waals surface area (Å²) in [6, 6.07) is 8.00. The lowest BCUT2D eigenvalue weighted by Gasteiger charge is -2.46. The minimum Gasteiger partial charge on any atom is -0.396 e. The Bertz CT molecular complexity index is 790. The standard InChI is InChI=1S/C20H28O7S/c1-19-8-7-17(22)15(13-27-28(23,24)14-5-3-2-4-6-14)16(19)11-20(18(19)12-21)25-9-10-26-20/h2-6,15-18,21-22H,7-13H2,1H3/t15-,16-,17-,18?,19-/m0/s1. The summed E-state index contributed by atoms with van der Waals surface area (Å²) >= 11 is 0. The third-order valence-corrected chi connectivity index (χ3v) is 8.37. The van der Waals surface area contributed by atoms with Crippen LogP contribution >= 0.6 is 0 Å². The third-order valence-electron chi connectivity index (χ3n) is 7.07. The van der Waals surface area contributed by atoms with E-state index >= 15 is 0 Å². The molecule has 3 aliphatic rings. The first-order valence-corrected chi connectivity index (χ1v) is 11.2. The molecule has 1 aliphatic heterocycles. The molecule has 5 atom stereocenters. The van der Waals surface area contributed by atoms with Crippen LogP contribution in [0.5, 0.6) is 0 Å². The zero-order chi connectivity index (χ0) is 20.0. The number of fused-ring (bicyclic) bond motifs is 1. The van der Waals surface area contributed by atoms with Gasteiger partial charge in [-0.25, -0.2) is 0 Å². The van der Waals surface area contributed by atoms with Gasteiger partial charge >= 0.3 is 0 Å². The summed E-state index contributed by atoms with van der Waals surface area (Å²) in [7, 11) is -3.90. The molecule has 1 spiro atoms. The molecule has 2 N–H and O–H groups in total. The number of benzene rings is 1. The number of rotatable bonds is 5. The molecule has 0 bridgehead atoms. The van der Waals surface area contributed by atoms with Crippen molar-refractivity contribution < 1.29 is 32.3 Å². The van der Waals surface area contributed by atoms with Gasteiger partial charge in [0.25, 0.3) is 10.1 Å². The lowest BCUT2D eigenvalue weighted by molar-refractivity contribution is -0.202. The van der Waals surface area contributed by atoms with Crippen LogP contribution in [0.3, 0.4) is 0 Å². The minimum absolute atomic E-state index is 0.0705. The Morgan fingerprint density at radius 3 is 2.54 bits per heavy atom. The van der Waals surface area contributed by atoms with E-state index < -0.39 is 22.0 Å². The van der Waals surface area contributed by atoms with Gasteiger partial charge in [-0.2, -0.15) is 8.42 Å². The topological polar surface area (TPSA) is 102 Å². The van der Waals surface area contributed by atoms with Crippen LogP contribution in [0.1, 0.15) is 26.2 Å². The molecule has 2 saturated carbocycles. The first-order chi connectivity index (χ1) is 13.3. The zero-order valence-corrected chi connectivity index (χ0v) is 16.8. The van der Waals surface area contributed by atoms with Crippen LogP contribution < -0.4 is 0 Å². The lowest BCUT2D eigenvalue weighted by atomic mass is 9.60. The van der Waals surface area contributed by atoms with Gasteiger partial charge in [0.15, 0.2) is 5.79 Å². The summed E-state index contributed by atoms with van der Waals surface area (Å²) in [6.45, 7) is 2.87. The first-order valence-electron chi connectivity index (χ1n) is 9.84. The maximum absolute atomic E-state index is 12.5. The van der Waals surface area contributed by atoms with Crippen LogP contribution in [-0.2, 0) is 23.8 Å². The fourth-order valence-corrected chi connectivity index (χ4v) is 6.53. The smallest absolute Gasteiger partial charge is 0.296 e. The molecule has 7 nitrogen and oxygen atoms in total. The minimum atomic E-state index is -3.90. The molecule has 156 valence electrons. The van der Waals surface area contributed by atoms with E-state index in [4.69, 9.17) is 13.7 Å². The molecular weight excluding hydrogens is 384 g/mol. The molecule has 0 radical (unpaired) electrons. The quantitative estimate of drug-likeness (QED) is 0.707. The van der Waals surface area contributed by atoms with E-state index in [1.807, 2.05) is 0 Å². The fraction of sp³-hybridized carbons (Fsp3) is 0.700. The average Bonchev–Trinajstić information content (AvgIpc) is 3.24. The highest BCUT2D eigenvalue weighted by Gasteiger charge is 2.66. The molecule has 28 heavy (non-hydrogen) atoms. The van der Waals surface area contributed by atoms with Crippen LogP contribution in [0.2, 0.25) is 0 Å². The summed E-state index contributed by atoms with van der Waals surface area (Å²) in [5.41, 5.74) is -0.317. The van der Waals surface area contributed by atoms with Crippen molar-refractivity contribution in [3.05, 3.63) is 30.3 Å². The van der Waals surface area contributed by atoms with Crippen LogP contribution in [0.4, 0.5) is 0 Å². The molecule has 2 aliphatic carbocycles. The number of hydrogen-bond acceptors (Lipinski definition) is 7. The highest BCUT2D eigenvalue weighted by molar-refractivity contribution is 7.86. The second kappa shape index (κ2) is 7.34. The van der Waals surface area contributed by atoms with Crippen LogP contribution in [0.25, 0.3) is 0 Å². The first kappa shape index (κ1) is 20.3. The van der Waals surface area contributed by atoms with Crippen LogP contribution in [0.15, 0.2) is 35.2 Å². The van der Waals surface area contributed by atoms with Crippen molar-refractivity contribution in [1.82, 2.24) is 0 Å². The molecule has 1 saturated heterocycles. The highest BCUT2D eigenvalue weighted by atomic mass is 32.2. The number of aliphatic hydroxyl groups excluding tert-OH is 2. The summed E-state index contributed by atoms with van der Waals surface area (Å²) in [6.07, 6.45) is 1.10. The largest absolute Gasteiger partial charge is 0.396 e. The van der Waals surface area contributed by atoms with Crippen molar-refractivity contribution >= 4 is 10.1 Å².